The largest absolute Gasteiger partial charge is 0.491 e. The average molecular weight is 473 g/mol. The van der Waals surface area contributed by atoms with E-state index in [4.69, 9.17) is 16.3 Å². The van der Waals surface area contributed by atoms with Crippen molar-refractivity contribution in [2.45, 2.75) is 59.1 Å². The van der Waals surface area contributed by atoms with Gasteiger partial charge < -0.3 is 9.84 Å². The van der Waals surface area contributed by atoms with Gasteiger partial charge in [-0.2, -0.15) is 0 Å². The highest BCUT2D eigenvalue weighted by Gasteiger charge is 2.27. The molecule has 33 heavy (non-hydrogen) atoms. The normalized spacial score (nSPS) is 17.2. The minimum atomic E-state index is -0.496. The highest BCUT2D eigenvalue weighted by molar-refractivity contribution is 6.30. The van der Waals surface area contributed by atoms with Crippen molar-refractivity contribution in [2.24, 2.45) is 5.41 Å². The Morgan fingerprint density at radius 1 is 0.879 bits per heavy atom. The van der Waals surface area contributed by atoms with Crippen LogP contribution in [-0.2, 0) is 12.0 Å². The Morgan fingerprint density at radius 3 is 2.03 bits per heavy atom. The molecule has 0 radical (unpaired) electrons. The van der Waals surface area contributed by atoms with Gasteiger partial charge in [-0.05, 0) is 52.6 Å². The quantitative estimate of drug-likeness (QED) is 0.514. The number of benzene rings is 2. The molecule has 0 spiro atoms. The molecule has 1 aliphatic heterocycles. The van der Waals surface area contributed by atoms with Crippen LogP contribution in [-0.4, -0.2) is 60.3 Å². The van der Waals surface area contributed by atoms with Gasteiger partial charge in [0.15, 0.2) is 0 Å². The second-order valence-corrected chi connectivity index (χ2v) is 11.8. The number of halogens is 1. The lowest BCUT2D eigenvalue weighted by atomic mass is 9.72. The zero-order valence-electron chi connectivity index (χ0n) is 21.0. The fraction of sp³-hybridized carbons (Fsp3) is 0.571. The summed E-state index contributed by atoms with van der Waals surface area (Å²) in [6.07, 6.45) is 0.621. The van der Waals surface area contributed by atoms with E-state index in [0.717, 1.165) is 49.9 Å². The highest BCUT2D eigenvalue weighted by atomic mass is 35.5. The molecule has 3 rings (SSSR count). The van der Waals surface area contributed by atoms with Gasteiger partial charge in [-0.15, -0.1) is 0 Å². The first kappa shape index (κ1) is 26.0. The van der Waals surface area contributed by atoms with Gasteiger partial charge in [-0.3, -0.25) is 9.80 Å². The number of ether oxygens (including phenoxy) is 1. The van der Waals surface area contributed by atoms with Crippen LogP contribution in [0.25, 0.3) is 0 Å². The number of hydrogen-bond acceptors (Lipinski definition) is 4. The van der Waals surface area contributed by atoms with Crippen molar-refractivity contribution in [2.75, 3.05) is 39.3 Å². The van der Waals surface area contributed by atoms with E-state index in [1.54, 1.807) is 0 Å². The Balaban J connectivity index is 1.39. The molecule has 4 nitrogen and oxygen atoms in total. The fourth-order valence-electron chi connectivity index (χ4n) is 4.95. The van der Waals surface area contributed by atoms with Crippen molar-refractivity contribution in [1.82, 2.24) is 9.80 Å². The number of rotatable bonds is 9. The van der Waals surface area contributed by atoms with Crippen LogP contribution in [0.4, 0.5) is 0 Å². The third-order valence-corrected chi connectivity index (χ3v) is 6.56. The highest BCUT2D eigenvalue weighted by Crippen LogP contribution is 2.36. The second-order valence-electron chi connectivity index (χ2n) is 11.3. The summed E-state index contributed by atoms with van der Waals surface area (Å²) in [6.45, 7) is 17.3. The van der Waals surface area contributed by atoms with E-state index < -0.39 is 6.10 Å². The van der Waals surface area contributed by atoms with Crippen molar-refractivity contribution in [3.05, 3.63) is 64.7 Å². The van der Waals surface area contributed by atoms with Crippen molar-refractivity contribution in [1.29, 1.82) is 0 Å². The van der Waals surface area contributed by atoms with Crippen LogP contribution in [0.3, 0.4) is 0 Å². The molecule has 2 aromatic rings. The van der Waals surface area contributed by atoms with Crippen LogP contribution in [0.2, 0.25) is 5.02 Å². The summed E-state index contributed by atoms with van der Waals surface area (Å²) in [5.41, 5.74) is 3.01. The van der Waals surface area contributed by atoms with E-state index in [0.29, 0.717) is 13.2 Å². The maximum atomic E-state index is 10.5. The zero-order valence-corrected chi connectivity index (χ0v) is 21.7. The maximum absolute atomic E-state index is 10.5. The molecule has 5 heteroatoms. The van der Waals surface area contributed by atoms with E-state index in [9.17, 15) is 5.11 Å². The van der Waals surface area contributed by atoms with E-state index >= 15 is 0 Å². The topological polar surface area (TPSA) is 35.9 Å². The SMILES string of the molecule is CC(C)(C)CC(C)(C)c1ccc(OCC(O)CN2CCN(Cc3ccc(Cl)cc3)CC2)cc1. The minimum absolute atomic E-state index is 0.117. The van der Waals surface area contributed by atoms with E-state index in [-0.39, 0.29) is 10.8 Å². The fourth-order valence-corrected chi connectivity index (χ4v) is 5.08. The van der Waals surface area contributed by atoms with Crippen LogP contribution in [0, 0.1) is 5.41 Å². The Labute approximate surface area is 205 Å². The van der Waals surface area contributed by atoms with Gasteiger partial charge in [-0.25, -0.2) is 0 Å². The predicted octanol–water partition coefficient (Wildman–Crippen LogP) is 5.61. The van der Waals surface area contributed by atoms with Crippen LogP contribution < -0.4 is 4.74 Å². The molecule has 0 saturated carbocycles. The molecular weight excluding hydrogens is 432 g/mol. The summed E-state index contributed by atoms with van der Waals surface area (Å²) in [4.78, 5) is 4.77. The van der Waals surface area contributed by atoms with Gasteiger partial charge in [0.25, 0.3) is 0 Å². The summed E-state index contributed by atoms with van der Waals surface area (Å²) in [6, 6.07) is 16.5. The first-order chi connectivity index (χ1) is 15.5. The van der Waals surface area contributed by atoms with Gasteiger partial charge in [0.2, 0.25) is 0 Å². The molecule has 1 heterocycles. The van der Waals surface area contributed by atoms with E-state index in [2.05, 4.69) is 68.7 Å². The smallest absolute Gasteiger partial charge is 0.119 e. The van der Waals surface area contributed by atoms with Gasteiger partial charge in [0, 0.05) is 44.3 Å². The van der Waals surface area contributed by atoms with Crippen LogP contribution in [0.15, 0.2) is 48.5 Å². The molecule has 1 atom stereocenters. The summed E-state index contributed by atoms with van der Waals surface area (Å²) < 4.78 is 5.89. The van der Waals surface area contributed by atoms with Crippen LogP contribution in [0.1, 0.15) is 52.2 Å². The van der Waals surface area contributed by atoms with Crippen molar-refractivity contribution in [3.63, 3.8) is 0 Å². The number of nitrogens with zero attached hydrogens (tertiary/aromatic N) is 2. The Hall–Kier alpha value is -1.59. The summed E-state index contributed by atoms with van der Waals surface area (Å²) in [7, 11) is 0. The molecule has 1 unspecified atom stereocenters. The lowest BCUT2D eigenvalue weighted by Gasteiger charge is -2.35. The van der Waals surface area contributed by atoms with E-state index in [1.807, 2.05) is 24.3 Å². The van der Waals surface area contributed by atoms with Gasteiger partial charge in [-0.1, -0.05) is 70.5 Å². The van der Waals surface area contributed by atoms with Crippen molar-refractivity contribution >= 4 is 11.6 Å². The summed E-state index contributed by atoms with van der Waals surface area (Å²) in [5, 5.41) is 11.3. The van der Waals surface area contributed by atoms with Gasteiger partial charge >= 0.3 is 0 Å². The molecule has 0 amide bonds. The van der Waals surface area contributed by atoms with Crippen molar-refractivity contribution in [3.8, 4) is 5.75 Å². The van der Waals surface area contributed by atoms with Crippen molar-refractivity contribution < 1.29 is 9.84 Å². The van der Waals surface area contributed by atoms with Gasteiger partial charge in [0.1, 0.15) is 18.5 Å². The molecule has 182 valence electrons. The predicted molar refractivity (Wildman–Crippen MR) is 138 cm³/mol. The zero-order chi connectivity index (χ0) is 24.1. The minimum Gasteiger partial charge on any atom is -0.491 e. The molecule has 1 aliphatic rings. The number of hydrogen-bond donors (Lipinski definition) is 1. The first-order valence-electron chi connectivity index (χ1n) is 12.1. The number of aliphatic hydroxyl groups is 1. The number of piperazine rings is 1. The lowest BCUT2D eigenvalue weighted by molar-refractivity contribution is 0.0446. The van der Waals surface area contributed by atoms with Gasteiger partial charge in [0.05, 0.1) is 0 Å². The third kappa shape index (κ3) is 8.60. The Morgan fingerprint density at radius 2 is 1.45 bits per heavy atom. The summed E-state index contributed by atoms with van der Waals surface area (Å²) in [5.74, 6) is 0.817. The number of aliphatic hydroxyl groups excluding tert-OH is 1. The Kier molecular flexibility index (Phi) is 8.85. The van der Waals surface area contributed by atoms with Crippen LogP contribution in [0.5, 0.6) is 5.75 Å². The molecule has 1 saturated heterocycles. The molecule has 0 aromatic heterocycles. The standard InChI is InChI=1S/C28H41ClN2O2/c1-27(2,3)21-28(4,5)23-8-12-26(13-9-23)33-20-25(32)19-31-16-14-30(15-17-31)18-22-6-10-24(29)11-7-22/h6-13,25,32H,14-21H2,1-5H3. The molecular formula is C28H41ClN2O2. The molecule has 0 bridgehead atoms. The third-order valence-electron chi connectivity index (χ3n) is 6.30. The lowest BCUT2D eigenvalue weighted by Crippen LogP contribution is -2.48. The van der Waals surface area contributed by atoms with Crippen LogP contribution >= 0.6 is 11.6 Å². The number of β-amino-alcohol motifs (C(OH)–C–C–N with tert-alkyl or cyclic N) is 1. The molecule has 2 aromatic carbocycles. The Bertz CT molecular complexity index is 851. The monoisotopic (exact) mass is 472 g/mol. The molecule has 1 N–H and O–H groups in total. The first-order valence-corrected chi connectivity index (χ1v) is 12.5. The average Bonchev–Trinajstić information content (AvgIpc) is 2.74. The second kappa shape index (κ2) is 11.2. The van der Waals surface area contributed by atoms with E-state index in [1.165, 1.54) is 11.1 Å². The molecule has 0 aliphatic carbocycles. The summed E-state index contributed by atoms with van der Waals surface area (Å²) >= 11 is 5.98. The molecule has 1 fully saturated rings. The maximum Gasteiger partial charge on any atom is 0.119 e.